The fraction of sp³-hybridized carbons (Fsp3) is 0.778. The molecule has 4 aliphatic rings. The van der Waals surface area contributed by atoms with E-state index in [1.165, 1.54) is 36.6 Å². The van der Waals surface area contributed by atoms with Crippen molar-refractivity contribution in [2.45, 2.75) is 38.6 Å². The Bertz CT molecular complexity index is 649. The van der Waals surface area contributed by atoms with E-state index in [4.69, 9.17) is 9.72 Å². The zero-order valence-corrected chi connectivity index (χ0v) is 15.2. The number of hydrogen-bond donors (Lipinski definition) is 0. The lowest BCUT2D eigenvalue weighted by Gasteiger charge is -2.60. The van der Waals surface area contributed by atoms with E-state index in [0.717, 1.165) is 36.9 Å². The summed E-state index contributed by atoms with van der Waals surface area (Å²) in [6.45, 7) is 8.77. The highest BCUT2D eigenvalue weighted by Gasteiger charge is 2.61. The van der Waals surface area contributed by atoms with Crippen LogP contribution in [-0.2, 0) is 4.74 Å². The highest BCUT2D eigenvalue weighted by Crippen LogP contribution is 2.60. The van der Waals surface area contributed by atoms with Crippen LogP contribution in [0, 0.1) is 24.2 Å². The van der Waals surface area contributed by atoms with Gasteiger partial charge < -0.3 is 9.64 Å². The Labute approximate surface area is 147 Å². The number of rotatable bonds is 3. The first-order chi connectivity index (χ1) is 11.6. The minimum Gasteiger partial charge on any atom is -0.450 e. The van der Waals surface area contributed by atoms with E-state index in [2.05, 4.69) is 17.2 Å². The number of amides is 1. The molecule has 2 aliphatic carbocycles. The van der Waals surface area contributed by atoms with Crippen molar-refractivity contribution in [1.29, 1.82) is 0 Å². The van der Waals surface area contributed by atoms with E-state index in [1.807, 2.05) is 11.8 Å². The first-order valence-corrected chi connectivity index (χ1v) is 10.0. The number of carbonyl (C=O) groups excluding carboxylic acids is 1. The molecule has 1 aromatic rings. The molecule has 5 nitrogen and oxygen atoms in total. The second-order valence-electron chi connectivity index (χ2n) is 8.22. The molecule has 4 fully saturated rings. The van der Waals surface area contributed by atoms with E-state index in [-0.39, 0.29) is 6.09 Å². The molecule has 0 aromatic carbocycles. The van der Waals surface area contributed by atoms with Crippen molar-refractivity contribution in [1.82, 2.24) is 14.8 Å². The molecule has 0 radical (unpaired) electrons. The molecule has 24 heavy (non-hydrogen) atoms. The van der Waals surface area contributed by atoms with Crippen LogP contribution in [0.4, 0.5) is 4.79 Å². The quantitative estimate of drug-likeness (QED) is 0.843. The lowest BCUT2D eigenvalue weighted by atomic mass is 9.60. The van der Waals surface area contributed by atoms with Crippen LogP contribution >= 0.6 is 11.3 Å². The maximum absolute atomic E-state index is 11.7. The van der Waals surface area contributed by atoms with Crippen LogP contribution in [-0.4, -0.2) is 59.7 Å². The first kappa shape index (κ1) is 15.1. The molecule has 3 heterocycles. The van der Waals surface area contributed by atoms with Crippen molar-refractivity contribution in [3.05, 3.63) is 16.1 Å². The molecule has 1 spiro atoms. The molecular weight excluding hydrogens is 322 g/mol. The number of piperidine rings is 1. The Kier molecular flexibility index (Phi) is 3.27. The Balaban J connectivity index is 1.09. The van der Waals surface area contributed by atoms with Crippen molar-refractivity contribution in [3.63, 3.8) is 0 Å². The molecule has 2 atom stereocenters. The van der Waals surface area contributed by atoms with Crippen LogP contribution in [0.3, 0.4) is 0 Å². The van der Waals surface area contributed by atoms with Crippen molar-refractivity contribution in [2.24, 2.45) is 17.3 Å². The van der Waals surface area contributed by atoms with Gasteiger partial charge in [-0.3, -0.25) is 4.90 Å². The molecule has 0 N–H and O–H groups in total. The standard InChI is InChI=1S/C18H25N3O2S/c1-3-23-17(22)21-9-18(10-21)4-12(5-18)20-6-13-14(7-20)16(13)15-8-24-11(2)19-15/h8,12-14,16H,3-7,9-10H2,1-2H3/t13-,14-/m0/s1. The predicted octanol–water partition coefficient (Wildman–Crippen LogP) is 2.72. The van der Waals surface area contributed by atoms with Crippen LogP contribution in [0.2, 0.25) is 0 Å². The van der Waals surface area contributed by atoms with Crippen molar-refractivity contribution in [2.75, 3.05) is 32.8 Å². The molecule has 0 unspecified atom stereocenters. The number of aryl methyl sites for hydroxylation is 1. The maximum Gasteiger partial charge on any atom is 0.409 e. The molecule has 1 aromatic heterocycles. The van der Waals surface area contributed by atoms with Gasteiger partial charge in [0.1, 0.15) is 0 Å². The lowest BCUT2D eigenvalue weighted by molar-refractivity contribution is -0.0973. The SMILES string of the molecule is CCOC(=O)N1CC2(CC(N3C[C@@H]4C(c5csc(C)n5)[C@H]4C3)C2)C1. The monoisotopic (exact) mass is 347 g/mol. The summed E-state index contributed by atoms with van der Waals surface area (Å²) in [5.74, 6) is 2.43. The van der Waals surface area contributed by atoms with Gasteiger partial charge in [-0.2, -0.15) is 0 Å². The van der Waals surface area contributed by atoms with Crippen molar-refractivity contribution >= 4 is 17.4 Å². The number of likely N-dealkylation sites (tertiary alicyclic amines) is 2. The topological polar surface area (TPSA) is 45.7 Å². The average Bonchev–Trinajstić information content (AvgIpc) is 2.83. The summed E-state index contributed by atoms with van der Waals surface area (Å²) in [5.41, 5.74) is 1.76. The van der Waals surface area contributed by atoms with Gasteiger partial charge in [0.25, 0.3) is 0 Å². The smallest absolute Gasteiger partial charge is 0.409 e. The summed E-state index contributed by atoms with van der Waals surface area (Å²) in [7, 11) is 0. The minimum absolute atomic E-state index is 0.129. The summed E-state index contributed by atoms with van der Waals surface area (Å²) in [6.07, 6.45) is 2.40. The zero-order chi connectivity index (χ0) is 16.5. The number of hydrogen-bond acceptors (Lipinski definition) is 5. The molecular formula is C18H25N3O2S. The highest BCUT2D eigenvalue weighted by atomic mass is 32.1. The highest BCUT2D eigenvalue weighted by molar-refractivity contribution is 7.09. The van der Waals surface area contributed by atoms with E-state index in [1.54, 1.807) is 11.3 Å². The van der Waals surface area contributed by atoms with Crippen LogP contribution in [0.25, 0.3) is 0 Å². The van der Waals surface area contributed by atoms with Gasteiger partial charge in [0, 0.05) is 48.9 Å². The predicted molar refractivity (Wildman–Crippen MR) is 92.2 cm³/mol. The third-order valence-corrected chi connectivity index (χ3v) is 7.42. The number of ether oxygens (including phenoxy) is 1. The molecule has 2 saturated carbocycles. The minimum atomic E-state index is -0.129. The molecule has 6 heteroatoms. The van der Waals surface area contributed by atoms with E-state index in [9.17, 15) is 4.79 Å². The molecule has 2 saturated heterocycles. The van der Waals surface area contributed by atoms with Gasteiger partial charge in [-0.1, -0.05) is 0 Å². The summed E-state index contributed by atoms with van der Waals surface area (Å²) in [4.78, 5) is 21.0. The molecule has 130 valence electrons. The van der Waals surface area contributed by atoms with Crippen LogP contribution in [0.5, 0.6) is 0 Å². The summed E-state index contributed by atoms with van der Waals surface area (Å²) >= 11 is 1.78. The molecule has 1 amide bonds. The summed E-state index contributed by atoms with van der Waals surface area (Å²) in [5, 5.41) is 3.46. The largest absolute Gasteiger partial charge is 0.450 e. The fourth-order valence-electron chi connectivity index (χ4n) is 5.39. The van der Waals surface area contributed by atoms with Crippen LogP contribution in [0.1, 0.15) is 36.4 Å². The van der Waals surface area contributed by atoms with Gasteiger partial charge in [0.15, 0.2) is 0 Å². The van der Waals surface area contributed by atoms with E-state index >= 15 is 0 Å². The normalized spacial score (nSPS) is 33.9. The Morgan fingerprint density at radius 3 is 2.67 bits per heavy atom. The first-order valence-electron chi connectivity index (χ1n) is 9.16. The van der Waals surface area contributed by atoms with Gasteiger partial charge in [0.2, 0.25) is 0 Å². The second-order valence-corrected chi connectivity index (χ2v) is 9.28. The zero-order valence-electron chi connectivity index (χ0n) is 14.4. The molecule has 2 aliphatic heterocycles. The van der Waals surface area contributed by atoms with Gasteiger partial charge in [-0.15, -0.1) is 11.3 Å². The van der Waals surface area contributed by atoms with Gasteiger partial charge >= 0.3 is 6.09 Å². The number of nitrogens with zero attached hydrogens (tertiary/aromatic N) is 3. The number of carbonyl (C=O) groups is 1. The number of aromatic nitrogens is 1. The summed E-state index contributed by atoms with van der Waals surface area (Å²) in [6, 6.07) is 0.750. The number of fused-ring (bicyclic) bond motifs is 1. The maximum atomic E-state index is 11.7. The Hall–Kier alpha value is -1.14. The fourth-order valence-corrected chi connectivity index (χ4v) is 6.05. The van der Waals surface area contributed by atoms with Gasteiger partial charge in [-0.05, 0) is 38.5 Å². The van der Waals surface area contributed by atoms with E-state index in [0.29, 0.717) is 12.0 Å². The number of thiazole rings is 1. The molecule has 5 rings (SSSR count). The average molecular weight is 347 g/mol. The van der Waals surface area contributed by atoms with Gasteiger partial charge in [-0.25, -0.2) is 9.78 Å². The van der Waals surface area contributed by atoms with Crippen LogP contribution < -0.4 is 0 Å². The van der Waals surface area contributed by atoms with Crippen LogP contribution in [0.15, 0.2) is 5.38 Å². The lowest BCUT2D eigenvalue weighted by Crippen LogP contribution is -2.67. The third kappa shape index (κ3) is 2.22. The Morgan fingerprint density at radius 2 is 2.08 bits per heavy atom. The van der Waals surface area contributed by atoms with Crippen molar-refractivity contribution < 1.29 is 9.53 Å². The Morgan fingerprint density at radius 1 is 1.38 bits per heavy atom. The summed E-state index contributed by atoms with van der Waals surface area (Å²) < 4.78 is 5.08. The molecule has 0 bridgehead atoms. The third-order valence-electron chi connectivity index (χ3n) is 6.63. The second kappa shape index (κ2) is 5.18. The van der Waals surface area contributed by atoms with E-state index < -0.39 is 0 Å². The van der Waals surface area contributed by atoms with Crippen molar-refractivity contribution in [3.8, 4) is 0 Å². The van der Waals surface area contributed by atoms with Gasteiger partial charge in [0.05, 0.1) is 17.3 Å².